The minimum absolute atomic E-state index is 0.204. The van der Waals surface area contributed by atoms with E-state index in [0.717, 1.165) is 18.4 Å². The predicted octanol–water partition coefficient (Wildman–Crippen LogP) is 3.59. The Hall–Kier alpha value is -1.31. The first-order valence-corrected chi connectivity index (χ1v) is 5.91. The summed E-state index contributed by atoms with van der Waals surface area (Å²) in [5.74, 6) is 0.276. The second-order valence-electron chi connectivity index (χ2n) is 4.10. The highest BCUT2D eigenvalue weighted by Gasteiger charge is 2.12. The summed E-state index contributed by atoms with van der Waals surface area (Å²) in [6.07, 6.45) is 2.11. The van der Waals surface area contributed by atoms with Crippen LogP contribution in [-0.4, -0.2) is 12.6 Å². The smallest absolute Gasteiger partial charge is 0.338 e. The lowest BCUT2D eigenvalue weighted by atomic mass is 10.1. The lowest BCUT2D eigenvalue weighted by Gasteiger charge is -2.13. The lowest BCUT2D eigenvalue weighted by Crippen LogP contribution is -2.14. The highest BCUT2D eigenvalue weighted by molar-refractivity contribution is 5.90. The van der Waals surface area contributed by atoms with Crippen LogP contribution in [0.1, 0.15) is 42.6 Å². The fourth-order valence-electron chi connectivity index (χ4n) is 1.60. The lowest BCUT2D eigenvalue weighted by molar-refractivity contribution is 0.0432. The third-order valence-electron chi connectivity index (χ3n) is 2.97. The molecule has 0 unspecified atom stereocenters. The molecule has 2 nitrogen and oxygen atoms in total. The van der Waals surface area contributed by atoms with Gasteiger partial charge in [-0.2, -0.15) is 0 Å². The molecule has 0 spiro atoms. The average molecular weight is 220 g/mol. The van der Waals surface area contributed by atoms with Gasteiger partial charge >= 0.3 is 5.97 Å². The normalized spacial score (nSPS) is 10.5. The zero-order valence-electron chi connectivity index (χ0n) is 10.3. The van der Waals surface area contributed by atoms with Gasteiger partial charge in [0.25, 0.3) is 0 Å². The van der Waals surface area contributed by atoms with E-state index < -0.39 is 0 Å². The number of ether oxygens (including phenoxy) is 1. The molecule has 0 fully saturated rings. The van der Waals surface area contributed by atoms with Crippen LogP contribution < -0.4 is 0 Å². The maximum absolute atomic E-state index is 11.8. The molecule has 0 heterocycles. The van der Waals surface area contributed by atoms with E-state index in [4.69, 9.17) is 4.74 Å². The highest BCUT2D eigenvalue weighted by Crippen LogP contribution is 2.12. The fraction of sp³-hybridized carbons (Fsp3) is 0.500. The van der Waals surface area contributed by atoms with Crippen molar-refractivity contribution in [2.24, 2.45) is 5.92 Å². The van der Waals surface area contributed by atoms with Crippen molar-refractivity contribution in [3.8, 4) is 0 Å². The Morgan fingerprint density at radius 1 is 1.25 bits per heavy atom. The van der Waals surface area contributed by atoms with E-state index in [1.807, 2.05) is 31.2 Å². The van der Waals surface area contributed by atoms with Crippen molar-refractivity contribution in [3.63, 3.8) is 0 Å². The Morgan fingerprint density at radius 2 is 1.88 bits per heavy atom. The number of carbonyl (C=O) groups is 1. The van der Waals surface area contributed by atoms with Crippen LogP contribution in [0.5, 0.6) is 0 Å². The van der Waals surface area contributed by atoms with Gasteiger partial charge in [-0.25, -0.2) is 4.79 Å². The van der Waals surface area contributed by atoms with Gasteiger partial charge in [-0.1, -0.05) is 44.9 Å². The van der Waals surface area contributed by atoms with Crippen molar-refractivity contribution in [1.29, 1.82) is 0 Å². The molecule has 0 amide bonds. The van der Waals surface area contributed by atoms with Crippen molar-refractivity contribution in [3.05, 3.63) is 35.4 Å². The first-order valence-electron chi connectivity index (χ1n) is 5.91. The van der Waals surface area contributed by atoms with Gasteiger partial charge in [-0.15, -0.1) is 0 Å². The second kappa shape index (κ2) is 6.31. The van der Waals surface area contributed by atoms with Gasteiger partial charge < -0.3 is 4.74 Å². The molecule has 0 atom stereocenters. The molecular weight excluding hydrogens is 200 g/mol. The summed E-state index contributed by atoms with van der Waals surface area (Å²) in [5, 5.41) is 0. The van der Waals surface area contributed by atoms with Gasteiger partial charge in [-0.05, 0) is 24.5 Å². The molecule has 0 N–H and O–H groups in total. The first-order chi connectivity index (χ1) is 7.69. The minimum Gasteiger partial charge on any atom is -0.462 e. The van der Waals surface area contributed by atoms with Gasteiger partial charge in [0, 0.05) is 0 Å². The fourth-order valence-corrected chi connectivity index (χ4v) is 1.60. The quantitative estimate of drug-likeness (QED) is 0.709. The third kappa shape index (κ3) is 3.37. The summed E-state index contributed by atoms with van der Waals surface area (Å²) >= 11 is 0. The minimum atomic E-state index is -0.204. The van der Waals surface area contributed by atoms with Gasteiger partial charge in [0.05, 0.1) is 12.2 Å². The van der Waals surface area contributed by atoms with E-state index in [1.54, 1.807) is 0 Å². The maximum atomic E-state index is 11.8. The number of carbonyl (C=O) groups excluding carboxylic acids is 1. The summed E-state index contributed by atoms with van der Waals surface area (Å²) in [4.78, 5) is 11.8. The van der Waals surface area contributed by atoms with E-state index in [1.165, 1.54) is 0 Å². The largest absolute Gasteiger partial charge is 0.462 e. The van der Waals surface area contributed by atoms with Crippen LogP contribution in [0.25, 0.3) is 0 Å². The van der Waals surface area contributed by atoms with E-state index in [2.05, 4.69) is 13.8 Å². The van der Waals surface area contributed by atoms with Crippen LogP contribution in [-0.2, 0) is 4.74 Å². The molecule has 2 heteroatoms. The molecule has 0 saturated heterocycles. The summed E-state index contributed by atoms with van der Waals surface area (Å²) in [6.45, 7) is 6.69. The van der Waals surface area contributed by atoms with Crippen molar-refractivity contribution in [1.82, 2.24) is 0 Å². The van der Waals surface area contributed by atoms with Crippen molar-refractivity contribution in [2.45, 2.75) is 33.6 Å². The molecule has 0 aromatic heterocycles. The first kappa shape index (κ1) is 12.8. The molecule has 0 aliphatic rings. The number of aryl methyl sites for hydroxylation is 1. The molecule has 1 rings (SSSR count). The molecule has 16 heavy (non-hydrogen) atoms. The van der Waals surface area contributed by atoms with E-state index in [-0.39, 0.29) is 5.97 Å². The Bertz CT molecular complexity index is 340. The molecule has 0 bridgehead atoms. The van der Waals surface area contributed by atoms with Crippen LogP contribution in [0, 0.1) is 12.8 Å². The van der Waals surface area contributed by atoms with Crippen LogP contribution in [0.3, 0.4) is 0 Å². The van der Waals surface area contributed by atoms with Gasteiger partial charge in [-0.3, -0.25) is 0 Å². The second-order valence-corrected chi connectivity index (χ2v) is 4.10. The van der Waals surface area contributed by atoms with Gasteiger partial charge in [0.2, 0.25) is 0 Å². The molecule has 0 saturated carbocycles. The van der Waals surface area contributed by atoms with Crippen LogP contribution >= 0.6 is 0 Å². The number of esters is 1. The summed E-state index contributed by atoms with van der Waals surface area (Å²) in [7, 11) is 0. The molecule has 0 aliphatic carbocycles. The Kier molecular flexibility index (Phi) is 5.03. The summed E-state index contributed by atoms with van der Waals surface area (Å²) in [5.41, 5.74) is 1.64. The van der Waals surface area contributed by atoms with Crippen LogP contribution in [0.2, 0.25) is 0 Å². The monoisotopic (exact) mass is 220 g/mol. The molecule has 1 aromatic rings. The Labute approximate surface area is 97.6 Å². The topological polar surface area (TPSA) is 26.3 Å². The van der Waals surface area contributed by atoms with Crippen molar-refractivity contribution >= 4 is 5.97 Å². The predicted molar refractivity (Wildman–Crippen MR) is 65.5 cm³/mol. The number of hydrogen-bond acceptors (Lipinski definition) is 2. The van der Waals surface area contributed by atoms with E-state index in [9.17, 15) is 4.79 Å². The third-order valence-corrected chi connectivity index (χ3v) is 2.97. The Morgan fingerprint density at radius 3 is 2.44 bits per heavy atom. The molecule has 0 radical (unpaired) electrons. The van der Waals surface area contributed by atoms with Gasteiger partial charge in [0.1, 0.15) is 0 Å². The number of rotatable bonds is 5. The highest BCUT2D eigenvalue weighted by atomic mass is 16.5. The average Bonchev–Trinajstić information content (AvgIpc) is 2.30. The number of benzene rings is 1. The maximum Gasteiger partial charge on any atom is 0.338 e. The SMILES string of the molecule is CCC(CC)COC(=O)c1ccccc1C. The van der Waals surface area contributed by atoms with E-state index >= 15 is 0 Å². The summed E-state index contributed by atoms with van der Waals surface area (Å²) in [6, 6.07) is 7.52. The van der Waals surface area contributed by atoms with Crippen molar-refractivity contribution < 1.29 is 9.53 Å². The van der Waals surface area contributed by atoms with Crippen molar-refractivity contribution in [2.75, 3.05) is 6.61 Å². The molecule has 0 aliphatic heterocycles. The Balaban J connectivity index is 2.56. The zero-order chi connectivity index (χ0) is 12.0. The number of hydrogen-bond donors (Lipinski definition) is 0. The summed E-state index contributed by atoms with van der Waals surface area (Å²) < 4.78 is 5.31. The standard InChI is InChI=1S/C14H20O2/c1-4-12(5-2)10-16-14(15)13-9-7-6-8-11(13)3/h6-9,12H,4-5,10H2,1-3H3. The molecule has 88 valence electrons. The van der Waals surface area contributed by atoms with Crippen LogP contribution in [0.4, 0.5) is 0 Å². The van der Waals surface area contributed by atoms with E-state index in [0.29, 0.717) is 18.1 Å². The molecule has 1 aromatic carbocycles. The molecular formula is C14H20O2. The van der Waals surface area contributed by atoms with Gasteiger partial charge in [0.15, 0.2) is 0 Å². The zero-order valence-corrected chi connectivity index (χ0v) is 10.3. The van der Waals surface area contributed by atoms with Crippen LogP contribution in [0.15, 0.2) is 24.3 Å².